The Labute approximate surface area is 136 Å². The summed E-state index contributed by atoms with van der Waals surface area (Å²) < 4.78 is 0. The van der Waals surface area contributed by atoms with E-state index in [1.807, 2.05) is 30.0 Å². The quantitative estimate of drug-likeness (QED) is 0.857. The van der Waals surface area contributed by atoms with Gasteiger partial charge >= 0.3 is 0 Å². The molecule has 0 unspecified atom stereocenters. The van der Waals surface area contributed by atoms with Crippen LogP contribution in [-0.4, -0.2) is 56.8 Å². The zero-order chi connectivity index (χ0) is 16.2. The predicted molar refractivity (Wildman–Crippen MR) is 86.8 cm³/mol. The molecule has 0 bridgehead atoms. The highest BCUT2D eigenvalue weighted by Crippen LogP contribution is 2.18. The van der Waals surface area contributed by atoms with E-state index in [-0.39, 0.29) is 5.91 Å². The van der Waals surface area contributed by atoms with Gasteiger partial charge in [0, 0.05) is 43.4 Å². The SMILES string of the molecule is Cc1ccc(C(=O)N2CC[C@@H](N(C)Cc3ncccn3)C2)cn1. The van der Waals surface area contributed by atoms with E-state index in [1.54, 1.807) is 18.6 Å². The van der Waals surface area contributed by atoms with Gasteiger partial charge in [-0.25, -0.2) is 9.97 Å². The van der Waals surface area contributed by atoms with Crippen LogP contribution in [0.25, 0.3) is 0 Å². The van der Waals surface area contributed by atoms with Crippen LogP contribution in [0.4, 0.5) is 0 Å². The maximum absolute atomic E-state index is 12.5. The van der Waals surface area contributed by atoms with Crippen molar-refractivity contribution in [3.05, 3.63) is 53.9 Å². The second kappa shape index (κ2) is 6.83. The summed E-state index contributed by atoms with van der Waals surface area (Å²) in [5.41, 5.74) is 1.58. The molecule has 6 heteroatoms. The molecule has 120 valence electrons. The van der Waals surface area contributed by atoms with Crippen molar-refractivity contribution < 1.29 is 4.79 Å². The molecular formula is C17H21N5O. The van der Waals surface area contributed by atoms with E-state index in [9.17, 15) is 4.79 Å². The first-order valence-corrected chi connectivity index (χ1v) is 7.81. The van der Waals surface area contributed by atoms with Gasteiger partial charge in [0.2, 0.25) is 0 Å². The molecule has 1 aliphatic rings. The van der Waals surface area contributed by atoms with Gasteiger partial charge in [0.1, 0.15) is 5.82 Å². The van der Waals surface area contributed by atoms with Crippen LogP contribution < -0.4 is 0 Å². The first kappa shape index (κ1) is 15.6. The van der Waals surface area contributed by atoms with Gasteiger partial charge in [-0.15, -0.1) is 0 Å². The molecule has 0 radical (unpaired) electrons. The zero-order valence-electron chi connectivity index (χ0n) is 13.5. The highest BCUT2D eigenvalue weighted by atomic mass is 16.2. The van der Waals surface area contributed by atoms with E-state index in [0.717, 1.165) is 31.0 Å². The molecule has 6 nitrogen and oxygen atoms in total. The fourth-order valence-electron chi connectivity index (χ4n) is 2.83. The van der Waals surface area contributed by atoms with Gasteiger partial charge < -0.3 is 4.90 Å². The zero-order valence-corrected chi connectivity index (χ0v) is 13.5. The van der Waals surface area contributed by atoms with Crippen molar-refractivity contribution >= 4 is 5.91 Å². The molecular weight excluding hydrogens is 290 g/mol. The number of likely N-dealkylation sites (N-methyl/N-ethyl adjacent to an activating group) is 1. The summed E-state index contributed by atoms with van der Waals surface area (Å²) in [6, 6.07) is 5.87. The van der Waals surface area contributed by atoms with Crippen molar-refractivity contribution in [2.24, 2.45) is 0 Å². The van der Waals surface area contributed by atoms with Gasteiger partial charge in [0.25, 0.3) is 5.91 Å². The van der Waals surface area contributed by atoms with E-state index in [4.69, 9.17) is 0 Å². The molecule has 1 fully saturated rings. The molecule has 1 aliphatic heterocycles. The maximum Gasteiger partial charge on any atom is 0.255 e. The number of amides is 1. The number of likely N-dealkylation sites (tertiary alicyclic amines) is 1. The Morgan fingerprint density at radius 1 is 1.30 bits per heavy atom. The second-order valence-corrected chi connectivity index (χ2v) is 5.96. The summed E-state index contributed by atoms with van der Waals surface area (Å²) in [4.78, 5) is 29.4. The minimum atomic E-state index is 0.0596. The molecule has 1 atom stereocenters. The Hall–Kier alpha value is -2.34. The molecule has 0 saturated carbocycles. The summed E-state index contributed by atoms with van der Waals surface area (Å²) in [7, 11) is 2.06. The molecule has 1 amide bonds. The number of carbonyl (C=O) groups is 1. The normalized spacial score (nSPS) is 17.7. The van der Waals surface area contributed by atoms with Crippen LogP contribution in [0.3, 0.4) is 0 Å². The Balaban J connectivity index is 1.59. The second-order valence-electron chi connectivity index (χ2n) is 5.96. The molecule has 0 aromatic carbocycles. The van der Waals surface area contributed by atoms with E-state index in [0.29, 0.717) is 18.2 Å². The maximum atomic E-state index is 12.5. The molecule has 0 spiro atoms. The number of carbonyl (C=O) groups excluding carboxylic acids is 1. The van der Waals surface area contributed by atoms with Crippen LogP contribution >= 0.6 is 0 Å². The number of hydrogen-bond acceptors (Lipinski definition) is 5. The van der Waals surface area contributed by atoms with Gasteiger partial charge in [-0.05, 0) is 38.6 Å². The third kappa shape index (κ3) is 3.71. The fraction of sp³-hybridized carbons (Fsp3) is 0.412. The molecule has 3 rings (SSSR count). The highest BCUT2D eigenvalue weighted by molar-refractivity contribution is 5.94. The number of rotatable bonds is 4. The molecule has 23 heavy (non-hydrogen) atoms. The minimum Gasteiger partial charge on any atom is -0.337 e. The Morgan fingerprint density at radius 3 is 2.78 bits per heavy atom. The Bertz CT molecular complexity index is 658. The van der Waals surface area contributed by atoms with Crippen LogP contribution in [0.1, 0.15) is 28.3 Å². The first-order chi connectivity index (χ1) is 11.1. The molecule has 0 N–H and O–H groups in total. The summed E-state index contributed by atoms with van der Waals surface area (Å²) in [5, 5.41) is 0. The van der Waals surface area contributed by atoms with Gasteiger partial charge in [0.15, 0.2) is 0 Å². The topological polar surface area (TPSA) is 62.2 Å². The van der Waals surface area contributed by atoms with Crippen LogP contribution in [0.5, 0.6) is 0 Å². The van der Waals surface area contributed by atoms with Crippen molar-refractivity contribution in [2.75, 3.05) is 20.1 Å². The van der Waals surface area contributed by atoms with Gasteiger partial charge in [0.05, 0.1) is 12.1 Å². The number of aromatic nitrogens is 3. The van der Waals surface area contributed by atoms with E-state index in [2.05, 4.69) is 26.9 Å². The van der Waals surface area contributed by atoms with E-state index in [1.165, 1.54) is 0 Å². The van der Waals surface area contributed by atoms with Crippen molar-refractivity contribution in [2.45, 2.75) is 25.9 Å². The Morgan fingerprint density at radius 2 is 2.09 bits per heavy atom. The number of hydrogen-bond donors (Lipinski definition) is 0. The van der Waals surface area contributed by atoms with E-state index < -0.39 is 0 Å². The highest BCUT2D eigenvalue weighted by Gasteiger charge is 2.29. The smallest absolute Gasteiger partial charge is 0.255 e. The lowest BCUT2D eigenvalue weighted by Crippen LogP contribution is -2.36. The summed E-state index contributed by atoms with van der Waals surface area (Å²) in [6.45, 7) is 4.12. The molecule has 1 saturated heterocycles. The fourth-order valence-corrected chi connectivity index (χ4v) is 2.83. The van der Waals surface area contributed by atoms with Crippen molar-refractivity contribution in [3.63, 3.8) is 0 Å². The summed E-state index contributed by atoms with van der Waals surface area (Å²) >= 11 is 0. The summed E-state index contributed by atoms with van der Waals surface area (Å²) in [6.07, 6.45) is 6.14. The van der Waals surface area contributed by atoms with Crippen LogP contribution in [0.15, 0.2) is 36.8 Å². The lowest BCUT2D eigenvalue weighted by molar-refractivity contribution is 0.0779. The molecule has 3 heterocycles. The minimum absolute atomic E-state index is 0.0596. The van der Waals surface area contributed by atoms with Gasteiger partial charge in [-0.1, -0.05) is 0 Å². The summed E-state index contributed by atoms with van der Waals surface area (Å²) in [5.74, 6) is 0.867. The molecule has 0 aliphatic carbocycles. The van der Waals surface area contributed by atoms with Gasteiger partial charge in [-0.2, -0.15) is 0 Å². The van der Waals surface area contributed by atoms with Crippen LogP contribution in [0, 0.1) is 6.92 Å². The molecule has 2 aromatic heterocycles. The predicted octanol–water partition coefficient (Wildman–Crippen LogP) is 1.53. The van der Waals surface area contributed by atoms with E-state index >= 15 is 0 Å². The first-order valence-electron chi connectivity index (χ1n) is 7.81. The lowest BCUT2D eigenvalue weighted by Gasteiger charge is -2.24. The number of nitrogens with zero attached hydrogens (tertiary/aromatic N) is 5. The largest absolute Gasteiger partial charge is 0.337 e. The average Bonchev–Trinajstić information content (AvgIpc) is 3.06. The standard InChI is InChI=1S/C17H21N5O/c1-13-4-5-14(10-20-13)17(23)22-9-6-15(11-22)21(2)12-16-18-7-3-8-19-16/h3-5,7-8,10,15H,6,9,11-12H2,1-2H3/t15-/m1/s1. The third-order valence-electron chi connectivity index (χ3n) is 4.24. The van der Waals surface area contributed by atoms with Crippen molar-refractivity contribution in [1.82, 2.24) is 24.8 Å². The monoisotopic (exact) mass is 311 g/mol. The van der Waals surface area contributed by atoms with Crippen LogP contribution in [0.2, 0.25) is 0 Å². The average molecular weight is 311 g/mol. The van der Waals surface area contributed by atoms with Crippen LogP contribution in [-0.2, 0) is 6.54 Å². The molecule has 2 aromatic rings. The van der Waals surface area contributed by atoms with Crippen molar-refractivity contribution in [3.8, 4) is 0 Å². The number of aryl methyl sites for hydroxylation is 1. The lowest BCUT2D eigenvalue weighted by atomic mass is 10.2. The van der Waals surface area contributed by atoms with Crippen molar-refractivity contribution in [1.29, 1.82) is 0 Å². The Kier molecular flexibility index (Phi) is 4.62. The van der Waals surface area contributed by atoms with Gasteiger partial charge in [-0.3, -0.25) is 14.7 Å². The third-order valence-corrected chi connectivity index (χ3v) is 4.24. The number of pyridine rings is 1.